The Morgan fingerprint density at radius 2 is 1.68 bits per heavy atom. The number of hydrogen-bond donors (Lipinski definition) is 3. The van der Waals surface area contributed by atoms with Gasteiger partial charge in [-0.2, -0.15) is 0 Å². The van der Waals surface area contributed by atoms with Gasteiger partial charge in [-0.3, -0.25) is 9.59 Å². The average molecular weight is 492 g/mol. The number of hydrogen-bond acceptors (Lipinski definition) is 6. The second kappa shape index (κ2) is 10.1. The maximum atomic E-state index is 12.6. The molecule has 7 nitrogen and oxygen atoms in total. The Morgan fingerprint density at radius 1 is 0.971 bits per heavy atom. The highest BCUT2D eigenvalue weighted by Crippen LogP contribution is 2.29. The van der Waals surface area contributed by atoms with Crippen LogP contribution in [0.15, 0.2) is 71.6 Å². The van der Waals surface area contributed by atoms with E-state index in [9.17, 15) is 19.5 Å². The predicted molar refractivity (Wildman–Crippen MR) is 136 cm³/mol. The zero-order valence-corrected chi connectivity index (χ0v) is 20.0. The number of carbonyl (C=O) groups is 3. The molecule has 2 amide bonds. The van der Waals surface area contributed by atoms with Crippen LogP contribution in [-0.4, -0.2) is 33.1 Å². The van der Waals surface area contributed by atoms with Crippen LogP contribution in [0.2, 0.25) is 0 Å². The molecule has 4 rings (SSSR count). The number of carboxylic acid groups (broad SMARTS) is 1. The van der Waals surface area contributed by atoms with Gasteiger partial charge in [-0.25, -0.2) is 9.78 Å². The molecule has 172 valence electrons. The topological polar surface area (TPSA) is 108 Å². The van der Waals surface area contributed by atoms with Crippen LogP contribution in [0.1, 0.15) is 33.2 Å². The Bertz CT molecular complexity index is 1380. The van der Waals surface area contributed by atoms with Gasteiger partial charge in [-0.15, -0.1) is 11.8 Å². The van der Waals surface area contributed by atoms with Crippen molar-refractivity contribution in [3.63, 3.8) is 0 Å². The first-order valence-electron chi connectivity index (χ1n) is 10.4. The second-order valence-electron chi connectivity index (χ2n) is 7.57. The number of rotatable bonds is 7. The summed E-state index contributed by atoms with van der Waals surface area (Å²) < 4.78 is 1.03. The van der Waals surface area contributed by atoms with Gasteiger partial charge in [0.15, 0.2) is 5.13 Å². The Kier molecular flexibility index (Phi) is 6.95. The third-order valence-electron chi connectivity index (χ3n) is 4.97. The SMILES string of the molecule is Cc1ccc2nc(NC(=O)C(C)Sc3ccc(NC(=O)c4ccccc4C(=O)O)cc3)sc2c1. The number of carbonyl (C=O) groups excluding carboxylic acids is 2. The highest BCUT2D eigenvalue weighted by molar-refractivity contribution is 8.00. The van der Waals surface area contributed by atoms with Gasteiger partial charge in [0.2, 0.25) is 5.91 Å². The molecule has 34 heavy (non-hydrogen) atoms. The van der Waals surface area contributed by atoms with Gasteiger partial charge in [0.1, 0.15) is 0 Å². The minimum atomic E-state index is -1.16. The van der Waals surface area contributed by atoms with Crippen LogP contribution in [0.5, 0.6) is 0 Å². The smallest absolute Gasteiger partial charge is 0.336 e. The molecule has 1 atom stereocenters. The number of thioether (sulfide) groups is 1. The fourth-order valence-electron chi connectivity index (χ4n) is 3.23. The van der Waals surface area contributed by atoms with E-state index in [0.29, 0.717) is 10.8 Å². The first kappa shape index (κ1) is 23.5. The largest absolute Gasteiger partial charge is 0.478 e. The zero-order chi connectivity index (χ0) is 24.2. The highest BCUT2D eigenvalue weighted by Gasteiger charge is 2.18. The zero-order valence-electron chi connectivity index (χ0n) is 18.4. The number of amides is 2. The number of anilines is 2. The summed E-state index contributed by atoms with van der Waals surface area (Å²) in [4.78, 5) is 41.8. The fraction of sp³-hybridized carbons (Fsp3) is 0.120. The number of nitrogens with zero attached hydrogens (tertiary/aromatic N) is 1. The molecule has 1 heterocycles. The number of fused-ring (bicyclic) bond motifs is 1. The lowest BCUT2D eigenvalue weighted by Crippen LogP contribution is -2.22. The van der Waals surface area contributed by atoms with E-state index in [1.807, 2.05) is 32.0 Å². The van der Waals surface area contributed by atoms with Gasteiger partial charge in [-0.1, -0.05) is 29.5 Å². The summed E-state index contributed by atoms with van der Waals surface area (Å²) in [5.74, 6) is -1.81. The van der Waals surface area contributed by atoms with E-state index in [4.69, 9.17) is 0 Å². The minimum absolute atomic E-state index is 0.0599. The Morgan fingerprint density at radius 3 is 2.38 bits per heavy atom. The first-order valence-corrected chi connectivity index (χ1v) is 12.1. The van der Waals surface area contributed by atoms with Gasteiger partial charge in [-0.05, 0) is 67.9 Å². The third-order valence-corrected chi connectivity index (χ3v) is 7.02. The maximum absolute atomic E-state index is 12.6. The van der Waals surface area contributed by atoms with Crippen molar-refractivity contribution in [1.82, 2.24) is 4.98 Å². The van der Waals surface area contributed by atoms with E-state index >= 15 is 0 Å². The van der Waals surface area contributed by atoms with Crippen LogP contribution in [-0.2, 0) is 4.79 Å². The van der Waals surface area contributed by atoms with Crippen molar-refractivity contribution in [2.24, 2.45) is 0 Å². The van der Waals surface area contributed by atoms with Gasteiger partial charge in [0, 0.05) is 10.6 Å². The lowest BCUT2D eigenvalue weighted by molar-refractivity contribution is -0.115. The second-order valence-corrected chi connectivity index (χ2v) is 10.0. The fourth-order valence-corrected chi connectivity index (χ4v) is 5.07. The summed E-state index contributed by atoms with van der Waals surface area (Å²) in [6.45, 7) is 3.83. The summed E-state index contributed by atoms with van der Waals surface area (Å²) in [7, 11) is 0. The van der Waals surface area contributed by atoms with Crippen molar-refractivity contribution < 1.29 is 19.5 Å². The summed E-state index contributed by atoms with van der Waals surface area (Å²) >= 11 is 2.83. The highest BCUT2D eigenvalue weighted by atomic mass is 32.2. The Hall–Kier alpha value is -3.69. The predicted octanol–water partition coefficient (Wildman–Crippen LogP) is 5.67. The van der Waals surface area contributed by atoms with E-state index in [1.165, 1.54) is 35.2 Å². The molecule has 4 aromatic rings. The third kappa shape index (κ3) is 5.44. The molecule has 3 N–H and O–H groups in total. The van der Waals surface area contributed by atoms with Crippen molar-refractivity contribution in [2.45, 2.75) is 24.0 Å². The number of benzene rings is 3. The molecule has 0 radical (unpaired) electrons. The van der Waals surface area contributed by atoms with Gasteiger partial charge in [0.05, 0.1) is 26.6 Å². The van der Waals surface area contributed by atoms with Crippen LogP contribution in [0.3, 0.4) is 0 Å². The number of aromatic nitrogens is 1. The molecule has 0 aliphatic heterocycles. The summed E-state index contributed by atoms with van der Waals surface area (Å²) in [6, 6.07) is 19.0. The monoisotopic (exact) mass is 491 g/mol. The van der Waals surface area contributed by atoms with E-state index < -0.39 is 11.9 Å². The van der Waals surface area contributed by atoms with E-state index in [0.717, 1.165) is 20.7 Å². The van der Waals surface area contributed by atoms with E-state index in [-0.39, 0.29) is 22.3 Å². The standard InChI is InChI=1S/C25H21N3O4S2/c1-14-7-12-20-21(13-14)34-25(27-20)28-22(29)15(2)33-17-10-8-16(9-11-17)26-23(30)18-5-3-4-6-19(18)24(31)32/h3-13,15H,1-2H3,(H,26,30)(H,31,32)(H,27,28,29). The molecular formula is C25H21N3O4S2. The Labute approximate surface area is 204 Å². The van der Waals surface area contributed by atoms with Crippen LogP contribution in [0.25, 0.3) is 10.2 Å². The van der Waals surface area contributed by atoms with Crippen molar-refractivity contribution in [2.75, 3.05) is 10.6 Å². The van der Waals surface area contributed by atoms with Crippen LogP contribution in [0.4, 0.5) is 10.8 Å². The molecule has 0 fully saturated rings. The Balaban J connectivity index is 1.36. The molecule has 0 bridgehead atoms. The molecule has 9 heteroatoms. The van der Waals surface area contributed by atoms with E-state index in [2.05, 4.69) is 15.6 Å². The number of aryl methyl sites for hydroxylation is 1. The average Bonchev–Trinajstić information content (AvgIpc) is 3.21. The first-order chi connectivity index (χ1) is 16.3. The number of carboxylic acids is 1. The maximum Gasteiger partial charge on any atom is 0.336 e. The number of aromatic carboxylic acids is 1. The normalized spacial score (nSPS) is 11.7. The minimum Gasteiger partial charge on any atom is -0.478 e. The van der Waals surface area contributed by atoms with Crippen LogP contribution < -0.4 is 10.6 Å². The van der Waals surface area contributed by atoms with Crippen molar-refractivity contribution in [1.29, 1.82) is 0 Å². The van der Waals surface area contributed by atoms with Crippen molar-refractivity contribution in [3.8, 4) is 0 Å². The molecule has 1 aromatic heterocycles. The summed E-state index contributed by atoms with van der Waals surface area (Å²) in [5.41, 5.74) is 2.55. The molecule has 1 unspecified atom stereocenters. The van der Waals surface area contributed by atoms with Crippen molar-refractivity contribution in [3.05, 3.63) is 83.4 Å². The molecule has 0 aliphatic rings. The van der Waals surface area contributed by atoms with Crippen molar-refractivity contribution >= 4 is 61.9 Å². The lowest BCUT2D eigenvalue weighted by Gasteiger charge is -2.11. The van der Waals surface area contributed by atoms with Crippen LogP contribution >= 0.6 is 23.1 Å². The molecule has 0 saturated heterocycles. The quantitative estimate of drug-likeness (QED) is 0.287. The summed E-state index contributed by atoms with van der Waals surface area (Å²) in [5, 5.41) is 15.1. The lowest BCUT2D eigenvalue weighted by atomic mass is 10.1. The van der Waals surface area contributed by atoms with Gasteiger partial charge in [0.25, 0.3) is 5.91 Å². The van der Waals surface area contributed by atoms with E-state index in [1.54, 1.807) is 36.4 Å². The summed E-state index contributed by atoms with van der Waals surface area (Å²) in [6.07, 6.45) is 0. The number of nitrogens with one attached hydrogen (secondary N) is 2. The van der Waals surface area contributed by atoms with Crippen LogP contribution in [0, 0.1) is 6.92 Å². The molecule has 0 saturated carbocycles. The number of thiazole rings is 1. The molecular weight excluding hydrogens is 470 g/mol. The van der Waals surface area contributed by atoms with Gasteiger partial charge < -0.3 is 15.7 Å². The van der Waals surface area contributed by atoms with Gasteiger partial charge >= 0.3 is 5.97 Å². The molecule has 3 aromatic carbocycles. The molecule has 0 aliphatic carbocycles. The molecule has 0 spiro atoms.